The van der Waals surface area contributed by atoms with E-state index in [1.165, 1.54) is 0 Å². The Morgan fingerprint density at radius 1 is 1.62 bits per heavy atom. The molecule has 0 aromatic heterocycles. The van der Waals surface area contributed by atoms with Gasteiger partial charge in [-0.2, -0.15) is 0 Å². The summed E-state index contributed by atoms with van der Waals surface area (Å²) in [6.45, 7) is 1.73. The molecule has 0 amide bonds. The zero-order chi connectivity index (χ0) is 9.68. The van der Waals surface area contributed by atoms with Gasteiger partial charge in [0.1, 0.15) is 6.67 Å². The van der Waals surface area contributed by atoms with Gasteiger partial charge in [0.05, 0.1) is 6.10 Å². The minimum absolute atomic E-state index is 0.284. The zero-order valence-corrected chi connectivity index (χ0v) is 8.21. The monoisotopic (exact) mass is 190 g/mol. The molecule has 1 saturated heterocycles. The number of rotatable bonds is 4. The van der Waals surface area contributed by atoms with Gasteiger partial charge in [0, 0.05) is 32.8 Å². The number of piperidine rings is 1. The van der Waals surface area contributed by atoms with Crippen molar-refractivity contribution in [3.63, 3.8) is 0 Å². The van der Waals surface area contributed by atoms with Crippen LogP contribution in [0.2, 0.25) is 0 Å². The van der Waals surface area contributed by atoms with Crippen LogP contribution in [-0.4, -0.2) is 50.5 Å². The van der Waals surface area contributed by atoms with Crippen molar-refractivity contribution in [1.29, 1.82) is 0 Å². The first-order chi connectivity index (χ1) is 6.31. The molecule has 13 heavy (non-hydrogen) atoms. The Labute approximate surface area is 79.0 Å². The average molecular weight is 190 g/mol. The molecule has 2 N–H and O–H groups in total. The molecule has 1 heterocycles. The van der Waals surface area contributed by atoms with E-state index >= 15 is 0 Å². The molecule has 78 valence electrons. The molecule has 0 radical (unpaired) electrons. The van der Waals surface area contributed by atoms with E-state index in [1.54, 1.807) is 7.11 Å². The smallest absolute Gasteiger partial charge is 0.102 e. The van der Waals surface area contributed by atoms with E-state index in [0.29, 0.717) is 25.2 Å². The zero-order valence-electron chi connectivity index (χ0n) is 8.21. The second-order valence-corrected chi connectivity index (χ2v) is 3.50. The van der Waals surface area contributed by atoms with Crippen LogP contribution in [0.4, 0.5) is 4.39 Å². The largest absolute Gasteiger partial charge is 0.381 e. The molecule has 0 spiro atoms. The third-order valence-corrected chi connectivity index (χ3v) is 2.77. The summed E-state index contributed by atoms with van der Waals surface area (Å²) in [6.07, 6.45) is 2.24. The summed E-state index contributed by atoms with van der Waals surface area (Å²) in [5.74, 6) is 0. The van der Waals surface area contributed by atoms with E-state index in [0.717, 1.165) is 19.4 Å². The van der Waals surface area contributed by atoms with E-state index in [2.05, 4.69) is 4.90 Å². The summed E-state index contributed by atoms with van der Waals surface area (Å²) >= 11 is 0. The molecule has 0 aliphatic carbocycles. The highest BCUT2D eigenvalue weighted by atomic mass is 19.1. The van der Waals surface area contributed by atoms with Gasteiger partial charge in [-0.25, -0.2) is 4.39 Å². The van der Waals surface area contributed by atoms with Gasteiger partial charge in [-0.1, -0.05) is 0 Å². The number of nitrogens with zero attached hydrogens (tertiary/aromatic N) is 1. The molecule has 0 bridgehead atoms. The Morgan fingerprint density at radius 3 is 2.92 bits per heavy atom. The fourth-order valence-corrected chi connectivity index (χ4v) is 1.93. The van der Waals surface area contributed by atoms with Gasteiger partial charge >= 0.3 is 0 Å². The number of halogens is 1. The van der Waals surface area contributed by atoms with Crippen LogP contribution >= 0.6 is 0 Å². The Hall–Kier alpha value is -0.190. The highest BCUT2D eigenvalue weighted by Crippen LogP contribution is 2.18. The van der Waals surface area contributed by atoms with Crippen molar-refractivity contribution in [2.24, 2.45) is 5.73 Å². The lowest BCUT2D eigenvalue weighted by Crippen LogP contribution is -2.49. The quantitative estimate of drug-likeness (QED) is 0.697. The SMILES string of the molecule is COC1CCN(CCF)C(CN)C1. The molecule has 3 nitrogen and oxygen atoms in total. The van der Waals surface area contributed by atoms with Gasteiger partial charge in [0.25, 0.3) is 0 Å². The van der Waals surface area contributed by atoms with Crippen LogP contribution in [0.15, 0.2) is 0 Å². The number of hydrogen-bond acceptors (Lipinski definition) is 3. The highest BCUT2D eigenvalue weighted by molar-refractivity contribution is 4.82. The molecule has 1 rings (SSSR count). The van der Waals surface area contributed by atoms with Gasteiger partial charge in [-0.05, 0) is 12.8 Å². The molecule has 0 saturated carbocycles. The summed E-state index contributed by atoms with van der Waals surface area (Å²) in [5.41, 5.74) is 5.62. The van der Waals surface area contributed by atoms with Crippen molar-refractivity contribution in [3.05, 3.63) is 0 Å². The van der Waals surface area contributed by atoms with Gasteiger partial charge in [0.15, 0.2) is 0 Å². The predicted molar refractivity (Wildman–Crippen MR) is 50.4 cm³/mol. The number of nitrogens with two attached hydrogens (primary N) is 1. The maximum absolute atomic E-state index is 12.2. The summed E-state index contributed by atoms with van der Waals surface area (Å²) in [7, 11) is 1.73. The summed E-state index contributed by atoms with van der Waals surface area (Å²) in [5, 5.41) is 0. The topological polar surface area (TPSA) is 38.5 Å². The van der Waals surface area contributed by atoms with E-state index in [-0.39, 0.29) is 6.67 Å². The fraction of sp³-hybridized carbons (Fsp3) is 1.00. The second kappa shape index (κ2) is 5.52. The molecule has 1 fully saturated rings. The predicted octanol–water partition coefficient (Wildman–Crippen LogP) is 0.394. The third-order valence-electron chi connectivity index (χ3n) is 2.77. The number of hydrogen-bond donors (Lipinski definition) is 1. The molecule has 0 aromatic carbocycles. The fourth-order valence-electron chi connectivity index (χ4n) is 1.93. The van der Waals surface area contributed by atoms with Crippen molar-refractivity contribution in [2.45, 2.75) is 25.0 Å². The van der Waals surface area contributed by atoms with Gasteiger partial charge in [-0.15, -0.1) is 0 Å². The van der Waals surface area contributed by atoms with Crippen molar-refractivity contribution < 1.29 is 9.13 Å². The van der Waals surface area contributed by atoms with Gasteiger partial charge in [0.2, 0.25) is 0 Å². The maximum atomic E-state index is 12.2. The Kier molecular flexibility index (Phi) is 4.62. The normalized spacial score (nSPS) is 30.7. The first kappa shape index (κ1) is 10.9. The van der Waals surface area contributed by atoms with E-state index < -0.39 is 0 Å². The van der Waals surface area contributed by atoms with Crippen molar-refractivity contribution in [1.82, 2.24) is 4.90 Å². The minimum Gasteiger partial charge on any atom is -0.381 e. The lowest BCUT2D eigenvalue weighted by atomic mass is 9.99. The molecule has 2 atom stereocenters. The standard InChI is InChI=1S/C9H19FN2O/c1-13-9-2-4-12(5-3-10)8(6-9)7-11/h8-9H,2-7,11H2,1H3. The van der Waals surface area contributed by atoms with Crippen LogP contribution in [0.5, 0.6) is 0 Å². The molecule has 1 aliphatic heterocycles. The lowest BCUT2D eigenvalue weighted by Gasteiger charge is -2.37. The van der Waals surface area contributed by atoms with Crippen LogP contribution in [0, 0.1) is 0 Å². The third kappa shape index (κ3) is 2.90. The summed E-state index contributed by atoms with van der Waals surface area (Å²) in [4.78, 5) is 2.12. The van der Waals surface area contributed by atoms with Crippen LogP contribution in [0.25, 0.3) is 0 Å². The number of ether oxygens (including phenoxy) is 1. The van der Waals surface area contributed by atoms with Crippen molar-refractivity contribution in [3.8, 4) is 0 Å². The highest BCUT2D eigenvalue weighted by Gasteiger charge is 2.26. The number of likely N-dealkylation sites (tertiary alicyclic amines) is 1. The summed E-state index contributed by atoms with van der Waals surface area (Å²) < 4.78 is 17.4. The average Bonchev–Trinajstić information content (AvgIpc) is 2.19. The molecule has 1 aliphatic rings. The molecule has 4 heteroatoms. The van der Waals surface area contributed by atoms with Crippen molar-refractivity contribution in [2.75, 3.05) is 33.4 Å². The molecule has 0 aromatic rings. The first-order valence-corrected chi connectivity index (χ1v) is 4.84. The van der Waals surface area contributed by atoms with Crippen LogP contribution < -0.4 is 5.73 Å². The van der Waals surface area contributed by atoms with E-state index in [9.17, 15) is 4.39 Å². The van der Waals surface area contributed by atoms with Crippen LogP contribution in [-0.2, 0) is 4.74 Å². The minimum atomic E-state index is -0.284. The van der Waals surface area contributed by atoms with Crippen LogP contribution in [0.3, 0.4) is 0 Å². The first-order valence-electron chi connectivity index (χ1n) is 4.84. The number of alkyl halides is 1. The second-order valence-electron chi connectivity index (χ2n) is 3.50. The number of methoxy groups -OCH3 is 1. The Bertz CT molecular complexity index is 146. The molecule has 2 unspecified atom stereocenters. The maximum Gasteiger partial charge on any atom is 0.102 e. The molecular weight excluding hydrogens is 171 g/mol. The Morgan fingerprint density at radius 2 is 2.38 bits per heavy atom. The summed E-state index contributed by atoms with van der Waals surface area (Å²) in [6, 6.07) is 0.300. The van der Waals surface area contributed by atoms with E-state index in [1.807, 2.05) is 0 Å². The lowest BCUT2D eigenvalue weighted by molar-refractivity contribution is 0.0115. The van der Waals surface area contributed by atoms with Gasteiger partial charge in [-0.3, -0.25) is 4.90 Å². The van der Waals surface area contributed by atoms with Crippen LogP contribution in [0.1, 0.15) is 12.8 Å². The van der Waals surface area contributed by atoms with E-state index in [4.69, 9.17) is 10.5 Å². The van der Waals surface area contributed by atoms with Crippen molar-refractivity contribution >= 4 is 0 Å². The molecular formula is C9H19FN2O. The Balaban J connectivity index is 2.40. The van der Waals surface area contributed by atoms with Gasteiger partial charge < -0.3 is 10.5 Å².